The molecule has 1 aliphatic rings. The Morgan fingerprint density at radius 3 is 1.82 bits per heavy atom. The second kappa shape index (κ2) is 13.2. The Bertz CT molecular complexity index is 1150. The molecule has 0 saturated carbocycles. The van der Waals surface area contributed by atoms with E-state index in [0.29, 0.717) is 6.61 Å². The first kappa shape index (κ1) is 25.1. The molecule has 0 bridgehead atoms. The maximum Gasteiger partial charge on any atom is 0.217 e. The number of halogens is 2. The van der Waals surface area contributed by atoms with Gasteiger partial charge in [-0.05, 0) is 41.9 Å². The zero-order chi connectivity index (χ0) is 23.6. The van der Waals surface area contributed by atoms with E-state index in [1.807, 2.05) is 0 Å². The number of ether oxygens (including phenoxy) is 1. The number of rotatable bonds is 6. The Balaban J connectivity index is 0.000000868. The average Bonchev–Trinajstić information content (AvgIpc) is 3.35. The maximum atomic E-state index is 6.15. The molecule has 34 heavy (non-hydrogen) atoms. The fourth-order valence-electron chi connectivity index (χ4n) is 3.98. The van der Waals surface area contributed by atoms with E-state index in [1.165, 1.54) is 21.5 Å². The number of nitrogens with zero attached hydrogens (tertiary/aromatic N) is 1. The molecule has 0 radical (unpaired) electrons. The van der Waals surface area contributed by atoms with Gasteiger partial charge in [-0.1, -0.05) is 109 Å². The van der Waals surface area contributed by atoms with Crippen LogP contribution in [0.15, 0.2) is 120 Å². The summed E-state index contributed by atoms with van der Waals surface area (Å²) in [5.74, 6) is 0.774. The summed E-state index contributed by atoms with van der Waals surface area (Å²) in [5.41, 5.74) is 2.40. The van der Waals surface area contributed by atoms with Crippen molar-refractivity contribution in [3.05, 3.63) is 126 Å². The maximum absolute atomic E-state index is 6.15. The van der Waals surface area contributed by atoms with Gasteiger partial charge < -0.3 is 4.74 Å². The molecule has 4 aromatic rings. The first-order valence-corrected chi connectivity index (χ1v) is 16.2. The largest absolute Gasteiger partial charge is 0.475 e. The van der Waals surface area contributed by atoms with Gasteiger partial charge in [-0.2, -0.15) is 0 Å². The number of hydrogen-bond donors (Lipinski definition) is 0. The molecule has 0 aromatic heterocycles. The summed E-state index contributed by atoms with van der Waals surface area (Å²) < 4.78 is 6.15. The number of hydrogen-bond acceptors (Lipinski definition) is 2. The van der Waals surface area contributed by atoms with E-state index in [9.17, 15) is 0 Å². The molecule has 5 rings (SSSR count). The van der Waals surface area contributed by atoms with E-state index in [4.69, 9.17) is 28.8 Å². The van der Waals surface area contributed by atoms with Crippen molar-refractivity contribution in [2.24, 2.45) is 4.99 Å². The summed E-state index contributed by atoms with van der Waals surface area (Å²) in [7, 11) is 8.92. The molecule has 6 heteroatoms. The van der Waals surface area contributed by atoms with Gasteiger partial charge in [0.2, 0.25) is 5.90 Å². The summed E-state index contributed by atoms with van der Waals surface area (Å²) in [6, 6.07) is 40.8. The minimum absolute atomic E-state index is 0.106. The molecule has 0 saturated heterocycles. The molecular formula is C28H24Cl2NOPPd. The van der Waals surface area contributed by atoms with Gasteiger partial charge in [0, 0.05) is 5.56 Å². The van der Waals surface area contributed by atoms with Crippen LogP contribution in [0.3, 0.4) is 0 Å². The van der Waals surface area contributed by atoms with E-state index < -0.39 is 7.92 Å². The molecule has 0 spiro atoms. The molecule has 0 aliphatic carbocycles. The van der Waals surface area contributed by atoms with Crippen LogP contribution in [0.5, 0.6) is 0 Å². The Hall–Kier alpha value is -1.98. The van der Waals surface area contributed by atoms with Gasteiger partial charge in [0.15, 0.2) is 0 Å². The molecule has 176 valence electrons. The van der Waals surface area contributed by atoms with E-state index in [2.05, 4.69) is 115 Å². The topological polar surface area (TPSA) is 21.6 Å². The van der Waals surface area contributed by atoms with Crippen molar-refractivity contribution < 1.29 is 20.7 Å². The average molecular weight is 599 g/mol. The Morgan fingerprint density at radius 1 is 0.735 bits per heavy atom. The monoisotopic (exact) mass is 597 g/mol. The predicted octanol–water partition coefficient (Wildman–Crippen LogP) is 6.21. The summed E-state index contributed by atoms with van der Waals surface area (Å²) >= 11 is -0.106. The van der Waals surface area contributed by atoms with Crippen LogP contribution in [-0.4, -0.2) is 18.5 Å². The summed E-state index contributed by atoms with van der Waals surface area (Å²) in [6.07, 6.45) is 0.901. The molecule has 0 amide bonds. The molecule has 0 unspecified atom stereocenters. The van der Waals surface area contributed by atoms with Gasteiger partial charge in [0.1, 0.15) is 6.61 Å². The Morgan fingerprint density at radius 2 is 1.24 bits per heavy atom. The van der Waals surface area contributed by atoms with Crippen LogP contribution >= 0.6 is 27.0 Å². The van der Waals surface area contributed by atoms with E-state index in [-0.39, 0.29) is 22.0 Å². The van der Waals surface area contributed by atoms with Crippen molar-refractivity contribution in [1.29, 1.82) is 0 Å². The third-order valence-corrected chi connectivity index (χ3v) is 7.93. The summed E-state index contributed by atoms with van der Waals surface area (Å²) in [5, 5.41) is 3.94. The molecule has 2 nitrogen and oxygen atoms in total. The Labute approximate surface area is 218 Å². The van der Waals surface area contributed by atoms with Crippen molar-refractivity contribution >= 4 is 48.8 Å². The van der Waals surface area contributed by atoms with Gasteiger partial charge in [-0.15, -0.1) is 0 Å². The van der Waals surface area contributed by atoms with Crippen LogP contribution in [-0.2, 0) is 27.1 Å². The first-order valence-electron chi connectivity index (χ1n) is 10.9. The first-order chi connectivity index (χ1) is 16.8. The molecule has 1 aliphatic heterocycles. The van der Waals surface area contributed by atoms with Crippen LogP contribution in [0.4, 0.5) is 0 Å². The van der Waals surface area contributed by atoms with Crippen molar-refractivity contribution in [3.63, 3.8) is 0 Å². The molecular weight excluding hydrogens is 575 g/mol. The minimum Gasteiger partial charge on any atom is -0.475 e. The van der Waals surface area contributed by atoms with Crippen molar-refractivity contribution in [1.82, 2.24) is 0 Å². The zero-order valence-electron chi connectivity index (χ0n) is 18.3. The van der Waals surface area contributed by atoms with Crippen LogP contribution in [0.1, 0.15) is 11.1 Å². The smallest absolute Gasteiger partial charge is 0.217 e. The third kappa shape index (κ3) is 6.57. The van der Waals surface area contributed by atoms with Gasteiger partial charge in [0.05, 0.1) is 6.04 Å². The van der Waals surface area contributed by atoms with E-state index in [1.54, 1.807) is 0 Å². The van der Waals surface area contributed by atoms with Crippen LogP contribution in [0.2, 0.25) is 0 Å². The quantitative estimate of drug-likeness (QED) is 0.191. The molecule has 1 atom stereocenters. The normalized spacial score (nSPS) is 14.8. The number of benzene rings is 4. The predicted molar refractivity (Wildman–Crippen MR) is 143 cm³/mol. The zero-order valence-corrected chi connectivity index (χ0v) is 22.3. The fraction of sp³-hybridized carbons (Fsp3) is 0.107. The van der Waals surface area contributed by atoms with Crippen molar-refractivity contribution in [2.75, 3.05) is 6.61 Å². The Kier molecular flexibility index (Phi) is 9.76. The summed E-state index contributed by atoms with van der Waals surface area (Å²) in [6.45, 7) is 0.632. The van der Waals surface area contributed by atoms with Crippen LogP contribution in [0, 0.1) is 0 Å². The minimum atomic E-state index is -0.706. The van der Waals surface area contributed by atoms with Crippen LogP contribution < -0.4 is 15.9 Å². The molecule has 4 aromatic carbocycles. The SMILES string of the molecule is [Cl][Pd][Cl].c1ccc(C[C@H]2COC(c3ccccc3P(c3ccccc3)c3ccccc3)=N2)cc1. The molecule has 0 N–H and O–H groups in total. The summed E-state index contributed by atoms with van der Waals surface area (Å²) in [4.78, 5) is 4.99. The molecule has 0 fully saturated rings. The standard InChI is InChI=1S/C28H24NOP.2ClH.Pd/c1-4-12-22(13-5-1)20-23-21-30-28(29-23)26-18-10-11-19-27(26)31(24-14-6-2-7-15-24)25-16-8-3-9-17-25;;;/h1-19,23H,20-21H2;2*1H;/q;;;+2/p-2/t23-;;;/m0.../s1. The van der Waals surface area contributed by atoms with Gasteiger partial charge in [0.25, 0.3) is 0 Å². The molecule has 1 heterocycles. The van der Waals surface area contributed by atoms with Crippen molar-refractivity contribution in [3.8, 4) is 0 Å². The fourth-order valence-corrected chi connectivity index (χ4v) is 6.43. The van der Waals surface area contributed by atoms with Gasteiger partial charge >= 0.3 is 35.0 Å². The van der Waals surface area contributed by atoms with E-state index >= 15 is 0 Å². The second-order valence-corrected chi connectivity index (χ2v) is 12.2. The third-order valence-electron chi connectivity index (χ3n) is 5.43. The van der Waals surface area contributed by atoms with Crippen molar-refractivity contribution in [2.45, 2.75) is 12.5 Å². The number of aliphatic imine (C=N–C) groups is 1. The van der Waals surface area contributed by atoms with Gasteiger partial charge in [-0.25, -0.2) is 4.99 Å². The second-order valence-electron chi connectivity index (χ2n) is 7.66. The van der Waals surface area contributed by atoms with Gasteiger partial charge in [-0.3, -0.25) is 0 Å². The van der Waals surface area contributed by atoms with E-state index in [0.717, 1.165) is 17.9 Å². The van der Waals surface area contributed by atoms with Crippen LogP contribution in [0.25, 0.3) is 0 Å².